The lowest BCUT2D eigenvalue weighted by atomic mass is 10.1. The Labute approximate surface area is 105 Å². The molecule has 0 unspecified atom stereocenters. The second-order valence-corrected chi connectivity index (χ2v) is 3.92. The Morgan fingerprint density at radius 2 is 2.00 bits per heavy atom. The van der Waals surface area contributed by atoms with Crippen LogP contribution in [0.3, 0.4) is 0 Å². The predicted molar refractivity (Wildman–Crippen MR) is 60.9 cm³/mol. The fourth-order valence-electron chi connectivity index (χ4n) is 1.77. The summed E-state index contributed by atoms with van der Waals surface area (Å²) < 4.78 is 41.3. The van der Waals surface area contributed by atoms with E-state index < -0.39 is 18.7 Å². The summed E-state index contributed by atoms with van der Waals surface area (Å²) in [6.45, 7) is -1.50. The third-order valence-corrected chi connectivity index (χ3v) is 2.49. The smallest absolute Gasteiger partial charge is 0.401 e. The Balaban J connectivity index is 2.27. The van der Waals surface area contributed by atoms with E-state index in [1.165, 1.54) is 0 Å². The standard InChI is InChI=1S/C12H10F3NO3/c13-12(14,15)6-16-5-9-10(11(17)18)7-3-1-2-4-8(7)19-9/h1-4,16H,5-6H2,(H,17,18). The largest absolute Gasteiger partial charge is 0.478 e. The van der Waals surface area contributed by atoms with Crippen LogP contribution in [0.4, 0.5) is 13.2 Å². The Morgan fingerprint density at radius 3 is 2.63 bits per heavy atom. The first-order chi connectivity index (χ1) is 8.88. The zero-order valence-corrected chi connectivity index (χ0v) is 9.62. The molecule has 0 amide bonds. The molecule has 0 saturated carbocycles. The van der Waals surface area contributed by atoms with Crippen LogP contribution >= 0.6 is 0 Å². The van der Waals surface area contributed by atoms with Crippen molar-refractivity contribution in [1.29, 1.82) is 0 Å². The van der Waals surface area contributed by atoms with Gasteiger partial charge < -0.3 is 14.8 Å². The second kappa shape index (κ2) is 4.93. The molecular formula is C12H10F3NO3. The van der Waals surface area contributed by atoms with Crippen molar-refractivity contribution < 1.29 is 27.5 Å². The SMILES string of the molecule is O=C(O)c1c(CNCC(F)(F)F)oc2ccccc12. The van der Waals surface area contributed by atoms with Crippen molar-refractivity contribution in [2.45, 2.75) is 12.7 Å². The van der Waals surface area contributed by atoms with E-state index in [0.29, 0.717) is 11.0 Å². The number of benzene rings is 1. The second-order valence-electron chi connectivity index (χ2n) is 3.92. The number of hydrogen-bond donors (Lipinski definition) is 2. The highest BCUT2D eigenvalue weighted by Crippen LogP contribution is 2.26. The van der Waals surface area contributed by atoms with Gasteiger partial charge in [-0.2, -0.15) is 13.2 Å². The molecule has 4 nitrogen and oxygen atoms in total. The highest BCUT2D eigenvalue weighted by Gasteiger charge is 2.27. The highest BCUT2D eigenvalue weighted by molar-refractivity contribution is 6.03. The number of furan rings is 1. The summed E-state index contributed by atoms with van der Waals surface area (Å²) in [6, 6.07) is 6.41. The molecule has 0 aliphatic rings. The van der Waals surface area contributed by atoms with E-state index >= 15 is 0 Å². The fourth-order valence-corrected chi connectivity index (χ4v) is 1.77. The van der Waals surface area contributed by atoms with Crippen molar-refractivity contribution in [2.75, 3.05) is 6.54 Å². The third-order valence-electron chi connectivity index (χ3n) is 2.49. The van der Waals surface area contributed by atoms with Crippen LogP contribution in [-0.4, -0.2) is 23.8 Å². The normalized spacial score (nSPS) is 11.9. The Bertz CT molecular complexity index is 604. The first-order valence-electron chi connectivity index (χ1n) is 5.39. The number of nitrogens with one attached hydrogen (secondary N) is 1. The summed E-state index contributed by atoms with van der Waals surface area (Å²) in [7, 11) is 0. The minimum atomic E-state index is -4.35. The molecule has 0 aliphatic heterocycles. The highest BCUT2D eigenvalue weighted by atomic mass is 19.4. The maximum Gasteiger partial charge on any atom is 0.401 e. The van der Waals surface area contributed by atoms with Crippen molar-refractivity contribution in [2.24, 2.45) is 0 Å². The maximum atomic E-state index is 12.0. The molecule has 0 radical (unpaired) electrons. The van der Waals surface area contributed by atoms with Crippen LogP contribution in [0.15, 0.2) is 28.7 Å². The Morgan fingerprint density at radius 1 is 1.32 bits per heavy atom. The number of hydrogen-bond acceptors (Lipinski definition) is 3. The summed E-state index contributed by atoms with van der Waals surface area (Å²) >= 11 is 0. The van der Waals surface area contributed by atoms with Crippen LogP contribution in [0.2, 0.25) is 0 Å². The van der Waals surface area contributed by atoms with Gasteiger partial charge in [-0.15, -0.1) is 0 Å². The quantitative estimate of drug-likeness (QED) is 0.899. The molecule has 0 saturated heterocycles. The van der Waals surface area contributed by atoms with Gasteiger partial charge in [0, 0.05) is 5.39 Å². The Kier molecular flexibility index (Phi) is 3.48. The van der Waals surface area contributed by atoms with Crippen LogP contribution < -0.4 is 5.32 Å². The van der Waals surface area contributed by atoms with Gasteiger partial charge in [0.05, 0.1) is 13.1 Å². The monoisotopic (exact) mass is 273 g/mol. The van der Waals surface area contributed by atoms with Gasteiger partial charge in [0.2, 0.25) is 0 Å². The first kappa shape index (κ1) is 13.4. The van der Waals surface area contributed by atoms with E-state index in [1.807, 2.05) is 0 Å². The maximum absolute atomic E-state index is 12.0. The average Bonchev–Trinajstić information content (AvgIpc) is 2.65. The van der Waals surface area contributed by atoms with E-state index in [4.69, 9.17) is 9.52 Å². The lowest BCUT2D eigenvalue weighted by Gasteiger charge is -2.06. The van der Waals surface area contributed by atoms with Gasteiger partial charge in [-0.25, -0.2) is 4.79 Å². The molecule has 2 N–H and O–H groups in total. The molecule has 0 bridgehead atoms. The fraction of sp³-hybridized carbons (Fsp3) is 0.250. The van der Waals surface area contributed by atoms with Crippen molar-refractivity contribution >= 4 is 16.9 Å². The topological polar surface area (TPSA) is 62.5 Å². The molecule has 19 heavy (non-hydrogen) atoms. The zero-order valence-electron chi connectivity index (χ0n) is 9.62. The number of aromatic carboxylic acids is 1. The molecule has 0 spiro atoms. The van der Waals surface area contributed by atoms with Gasteiger partial charge >= 0.3 is 12.1 Å². The van der Waals surface area contributed by atoms with E-state index in [-0.39, 0.29) is 17.9 Å². The lowest BCUT2D eigenvalue weighted by Crippen LogP contribution is -2.28. The molecule has 102 valence electrons. The Hall–Kier alpha value is -2.02. The van der Waals surface area contributed by atoms with Gasteiger partial charge in [0.25, 0.3) is 0 Å². The molecule has 2 aromatic rings. The number of carbonyl (C=O) groups is 1. The number of rotatable bonds is 4. The summed E-state index contributed by atoms with van der Waals surface area (Å²) in [6.07, 6.45) is -4.35. The molecule has 1 heterocycles. The number of para-hydroxylation sites is 1. The number of fused-ring (bicyclic) bond motifs is 1. The average molecular weight is 273 g/mol. The summed E-state index contributed by atoms with van der Waals surface area (Å²) in [5, 5.41) is 11.6. The number of carboxylic acid groups (broad SMARTS) is 1. The molecule has 2 rings (SSSR count). The van der Waals surface area contributed by atoms with E-state index in [2.05, 4.69) is 5.32 Å². The number of halogens is 3. The van der Waals surface area contributed by atoms with E-state index in [9.17, 15) is 18.0 Å². The molecule has 0 aliphatic carbocycles. The summed E-state index contributed by atoms with van der Waals surface area (Å²) in [5.74, 6) is -1.24. The number of carboxylic acids is 1. The van der Waals surface area contributed by atoms with Gasteiger partial charge in [-0.1, -0.05) is 18.2 Å². The van der Waals surface area contributed by atoms with Crippen molar-refractivity contribution in [3.63, 3.8) is 0 Å². The van der Waals surface area contributed by atoms with Crippen LogP contribution in [0.25, 0.3) is 11.0 Å². The van der Waals surface area contributed by atoms with Crippen LogP contribution in [0.1, 0.15) is 16.1 Å². The van der Waals surface area contributed by atoms with E-state index in [1.54, 1.807) is 24.3 Å². The molecule has 1 aromatic heterocycles. The first-order valence-corrected chi connectivity index (χ1v) is 5.39. The van der Waals surface area contributed by atoms with Crippen LogP contribution in [-0.2, 0) is 6.54 Å². The predicted octanol–water partition coefficient (Wildman–Crippen LogP) is 2.78. The minimum Gasteiger partial charge on any atom is -0.478 e. The molecule has 1 aromatic carbocycles. The third kappa shape index (κ3) is 3.05. The van der Waals surface area contributed by atoms with Crippen molar-refractivity contribution in [1.82, 2.24) is 5.32 Å². The molecular weight excluding hydrogens is 263 g/mol. The van der Waals surface area contributed by atoms with E-state index in [0.717, 1.165) is 0 Å². The van der Waals surface area contributed by atoms with Gasteiger partial charge in [0.15, 0.2) is 0 Å². The minimum absolute atomic E-state index is 0.0158. The van der Waals surface area contributed by atoms with Crippen molar-refractivity contribution in [3.05, 3.63) is 35.6 Å². The van der Waals surface area contributed by atoms with Gasteiger partial charge in [-0.05, 0) is 6.07 Å². The van der Waals surface area contributed by atoms with Crippen LogP contribution in [0.5, 0.6) is 0 Å². The van der Waals surface area contributed by atoms with Gasteiger partial charge in [0.1, 0.15) is 16.9 Å². The zero-order chi connectivity index (χ0) is 14.0. The molecule has 7 heteroatoms. The van der Waals surface area contributed by atoms with Crippen molar-refractivity contribution in [3.8, 4) is 0 Å². The number of alkyl halides is 3. The van der Waals surface area contributed by atoms with Gasteiger partial charge in [-0.3, -0.25) is 0 Å². The summed E-state index contributed by atoms with van der Waals surface area (Å²) in [5.41, 5.74) is 0.231. The lowest BCUT2D eigenvalue weighted by molar-refractivity contribution is -0.125. The van der Waals surface area contributed by atoms with Crippen LogP contribution in [0, 0.1) is 0 Å². The summed E-state index contributed by atoms with van der Waals surface area (Å²) in [4.78, 5) is 11.1. The molecule has 0 fully saturated rings. The molecule has 0 atom stereocenters.